The van der Waals surface area contributed by atoms with Crippen molar-refractivity contribution in [3.8, 4) is 6.07 Å². The second kappa shape index (κ2) is 6.14. The Labute approximate surface area is 141 Å². The van der Waals surface area contributed by atoms with Crippen LogP contribution in [0.1, 0.15) is 55.6 Å². The van der Waals surface area contributed by atoms with Crippen LogP contribution in [0.5, 0.6) is 0 Å². The molecule has 0 radical (unpaired) electrons. The first-order chi connectivity index (χ1) is 11.7. The van der Waals surface area contributed by atoms with Crippen molar-refractivity contribution < 1.29 is 14.3 Å². The quantitative estimate of drug-likeness (QED) is 0.796. The lowest BCUT2D eigenvalue weighted by molar-refractivity contribution is -0.171. The fourth-order valence-electron chi connectivity index (χ4n) is 4.87. The number of hydrogen-bond acceptors (Lipinski definition) is 4. The maximum atomic E-state index is 12.7. The van der Waals surface area contributed by atoms with Crippen molar-refractivity contribution >= 4 is 11.6 Å². The van der Waals surface area contributed by atoms with Crippen LogP contribution in [0.2, 0.25) is 0 Å². The molecule has 24 heavy (non-hydrogen) atoms. The average Bonchev–Trinajstić information content (AvgIpc) is 2.61. The van der Waals surface area contributed by atoms with Crippen molar-refractivity contribution in [1.82, 2.24) is 0 Å². The molecule has 3 fully saturated rings. The molecule has 1 aromatic carbocycles. The van der Waals surface area contributed by atoms with Gasteiger partial charge in [-0.15, -0.1) is 0 Å². The lowest BCUT2D eigenvalue weighted by Gasteiger charge is -2.49. The summed E-state index contributed by atoms with van der Waals surface area (Å²) in [6.07, 6.45) is 4.63. The zero-order chi connectivity index (χ0) is 16.7. The third kappa shape index (κ3) is 2.48. The lowest BCUT2D eigenvalue weighted by atomic mass is 9.62. The van der Waals surface area contributed by atoms with Crippen LogP contribution in [-0.4, -0.2) is 23.8 Å². The third-order valence-corrected chi connectivity index (χ3v) is 5.92. The van der Waals surface area contributed by atoms with E-state index < -0.39 is 0 Å². The van der Waals surface area contributed by atoms with Crippen LogP contribution >= 0.6 is 0 Å². The number of nitrogens with zero attached hydrogens (tertiary/aromatic N) is 1. The minimum absolute atomic E-state index is 0.0564. The summed E-state index contributed by atoms with van der Waals surface area (Å²) in [4.78, 5) is 25.3. The van der Waals surface area contributed by atoms with Gasteiger partial charge in [-0.3, -0.25) is 9.59 Å². The van der Waals surface area contributed by atoms with E-state index in [1.165, 1.54) is 0 Å². The second-order valence-electron chi connectivity index (χ2n) is 7.24. The summed E-state index contributed by atoms with van der Waals surface area (Å²) in [5, 5.41) is 9.02. The van der Waals surface area contributed by atoms with Gasteiger partial charge in [-0.05, 0) is 43.4 Å². The van der Waals surface area contributed by atoms with Crippen molar-refractivity contribution in [3.05, 3.63) is 35.4 Å². The summed E-state index contributed by atoms with van der Waals surface area (Å²) in [7, 11) is 0. The summed E-state index contributed by atoms with van der Waals surface area (Å²) in [5.41, 5.74) is 1.61. The minimum Gasteiger partial charge on any atom is -0.373 e. The van der Waals surface area contributed by atoms with Gasteiger partial charge in [0.1, 0.15) is 11.6 Å². The predicted octanol–water partition coefficient (Wildman–Crippen LogP) is 3.15. The molecule has 1 saturated heterocycles. The van der Waals surface area contributed by atoms with Crippen molar-refractivity contribution in [1.29, 1.82) is 5.26 Å². The number of nitriles is 1. The highest BCUT2D eigenvalue weighted by atomic mass is 16.5. The van der Waals surface area contributed by atoms with E-state index in [-0.39, 0.29) is 41.5 Å². The van der Waals surface area contributed by atoms with E-state index in [0.29, 0.717) is 18.4 Å². The van der Waals surface area contributed by atoms with Crippen LogP contribution in [0.3, 0.4) is 0 Å². The largest absolute Gasteiger partial charge is 0.373 e. The number of carbonyl (C=O) groups is 2. The van der Waals surface area contributed by atoms with Gasteiger partial charge >= 0.3 is 0 Å². The molecule has 4 heteroatoms. The monoisotopic (exact) mass is 323 g/mol. The number of carbonyl (C=O) groups excluding carboxylic acids is 2. The Balaban J connectivity index is 1.78. The van der Waals surface area contributed by atoms with Crippen LogP contribution < -0.4 is 0 Å². The molecule has 4 unspecified atom stereocenters. The number of ether oxygens (including phenoxy) is 1. The first-order valence-corrected chi connectivity index (χ1v) is 8.90. The van der Waals surface area contributed by atoms with E-state index in [1.54, 1.807) is 12.1 Å². The molecule has 2 aliphatic carbocycles. The van der Waals surface area contributed by atoms with Crippen LogP contribution in [0.4, 0.5) is 0 Å². The van der Waals surface area contributed by atoms with Gasteiger partial charge in [0, 0.05) is 18.8 Å². The minimum atomic E-state index is -0.213. The normalized spacial score (nSPS) is 35.7. The molecule has 0 aromatic heterocycles. The highest BCUT2D eigenvalue weighted by Gasteiger charge is 2.53. The van der Waals surface area contributed by atoms with Gasteiger partial charge in [0.15, 0.2) is 0 Å². The molecule has 1 aliphatic heterocycles. The number of fused-ring (bicyclic) bond motifs is 2. The van der Waals surface area contributed by atoms with Crippen LogP contribution in [0.15, 0.2) is 24.3 Å². The van der Waals surface area contributed by atoms with E-state index in [0.717, 1.165) is 31.2 Å². The Kier molecular flexibility index (Phi) is 3.97. The van der Waals surface area contributed by atoms with Gasteiger partial charge in [-0.25, -0.2) is 0 Å². The van der Waals surface area contributed by atoms with E-state index in [9.17, 15) is 9.59 Å². The second-order valence-corrected chi connectivity index (χ2v) is 7.24. The van der Waals surface area contributed by atoms with E-state index in [1.807, 2.05) is 12.1 Å². The number of benzene rings is 1. The average molecular weight is 323 g/mol. The third-order valence-electron chi connectivity index (χ3n) is 5.92. The molecule has 3 aliphatic rings. The van der Waals surface area contributed by atoms with Crippen LogP contribution in [-0.2, 0) is 14.3 Å². The summed E-state index contributed by atoms with van der Waals surface area (Å²) < 4.78 is 6.24. The fourth-order valence-corrected chi connectivity index (χ4v) is 4.87. The summed E-state index contributed by atoms with van der Waals surface area (Å²) in [5.74, 6) is -0.0538. The smallest absolute Gasteiger partial charge is 0.139 e. The van der Waals surface area contributed by atoms with Gasteiger partial charge in [0.05, 0.1) is 35.7 Å². The fraction of sp³-hybridized carbons (Fsp3) is 0.550. The first kappa shape index (κ1) is 15.5. The molecule has 4 atom stereocenters. The van der Waals surface area contributed by atoms with E-state index in [4.69, 9.17) is 10.00 Å². The number of hydrogen-bond donors (Lipinski definition) is 0. The summed E-state index contributed by atoms with van der Waals surface area (Å²) in [6, 6.07) is 9.55. The Morgan fingerprint density at radius 1 is 0.875 bits per heavy atom. The molecule has 0 N–H and O–H groups in total. The molecular weight excluding hydrogens is 302 g/mol. The van der Waals surface area contributed by atoms with E-state index >= 15 is 0 Å². The zero-order valence-corrected chi connectivity index (χ0v) is 13.6. The predicted molar refractivity (Wildman–Crippen MR) is 87.3 cm³/mol. The van der Waals surface area contributed by atoms with Gasteiger partial charge in [0.25, 0.3) is 0 Å². The molecular formula is C20H21NO3. The van der Waals surface area contributed by atoms with Crippen LogP contribution in [0.25, 0.3) is 0 Å². The maximum Gasteiger partial charge on any atom is 0.139 e. The standard InChI is InChI=1S/C20H21NO3/c21-11-12-7-9-13(10-8-12)18-19-14(22)3-1-5-16(19)24-17-6-2-4-15(23)20(17)18/h7-10,16-20H,1-6H2. The zero-order valence-electron chi connectivity index (χ0n) is 13.6. The molecule has 124 valence electrons. The van der Waals surface area contributed by atoms with E-state index in [2.05, 4.69) is 6.07 Å². The molecule has 1 heterocycles. The molecule has 0 bridgehead atoms. The van der Waals surface area contributed by atoms with Gasteiger partial charge in [0.2, 0.25) is 0 Å². The van der Waals surface area contributed by atoms with Gasteiger partial charge < -0.3 is 4.74 Å². The molecule has 0 amide bonds. The molecule has 0 spiro atoms. The van der Waals surface area contributed by atoms with Crippen molar-refractivity contribution in [2.24, 2.45) is 11.8 Å². The van der Waals surface area contributed by atoms with Crippen molar-refractivity contribution in [2.45, 2.75) is 56.7 Å². The summed E-state index contributed by atoms with van der Waals surface area (Å²) in [6.45, 7) is 0. The number of ketones is 2. The molecule has 4 rings (SSSR count). The highest BCUT2D eigenvalue weighted by molar-refractivity contribution is 5.88. The summed E-state index contributed by atoms with van der Waals surface area (Å²) >= 11 is 0. The van der Waals surface area contributed by atoms with Crippen molar-refractivity contribution in [3.63, 3.8) is 0 Å². The Morgan fingerprint density at radius 2 is 1.42 bits per heavy atom. The maximum absolute atomic E-state index is 12.7. The Hall–Kier alpha value is -1.99. The molecule has 2 saturated carbocycles. The van der Waals surface area contributed by atoms with Gasteiger partial charge in [-0.1, -0.05) is 12.1 Å². The first-order valence-electron chi connectivity index (χ1n) is 8.90. The SMILES string of the molecule is N#Cc1ccc(C2C3C(=O)CCCC3OC3CCCC(=O)C32)cc1. The molecule has 1 aromatic rings. The lowest BCUT2D eigenvalue weighted by Crippen LogP contribution is -2.54. The van der Waals surface area contributed by atoms with Gasteiger partial charge in [-0.2, -0.15) is 5.26 Å². The number of Topliss-reactive ketones (excluding diaryl/α,β-unsaturated/α-hetero) is 2. The Morgan fingerprint density at radius 3 is 1.92 bits per heavy atom. The Bertz CT molecular complexity index is 671. The van der Waals surface area contributed by atoms with Crippen molar-refractivity contribution in [2.75, 3.05) is 0 Å². The number of rotatable bonds is 1. The topological polar surface area (TPSA) is 67.2 Å². The highest BCUT2D eigenvalue weighted by Crippen LogP contribution is 2.49. The van der Waals surface area contributed by atoms with Crippen LogP contribution in [0, 0.1) is 23.2 Å². The molecule has 4 nitrogen and oxygen atoms in total.